The van der Waals surface area contributed by atoms with Gasteiger partial charge in [-0.15, -0.1) is 0 Å². The van der Waals surface area contributed by atoms with Crippen molar-refractivity contribution in [3.63, 3.8) is 0 Å². The van der Waals surface area contributed by atoms with Crippen molar-refractivity contribution >= 4 is 10.0 Å². The third-order valence-electron chi connectivity index (χ3n) is 3.50. The molecule has 0 aliphatic heterocycles. The second kappa shape index (κ2) is 8.48. The Bertz CT molecular complexity index is 810. The van der Waals surface area contributed by atoms with Crippen molar-refractivity contribution in [3.8, 4) is 0 Å². The Hall–Kier alpha value is -1.87. The fourth-order valence-corrected chi connectivity index (χ4v) is 3.31. The molecule has 0 radical (unpaired) electrons. The van der Waals surface area contributed by atoms with Crippen LogP contribution in [0.1, 0.15) is 17.2 Å². The summed E-state index contributed by atoms with van der Waals surface area (Å²) < 4.78 is 59.1. The predicted octanol–water partition coefficient (Wildman–Crippen LogP) is 2.30. The first-order chi connectivity index (χ1) is 11.8. The number of aryl methyl sites for hydroxylation is 1. The zero-order chi connectivity index (χ0) is 18.4. The van der Waals surface area contributed by atoms with Gasteiger partial charge in [-0.1, -0.05) is 29.8 Å². The van der Waals surface area contributed by atoms with Gasteiger partial charge in [-0.2, -0.15) is 0 Å². The molecule has 0 aliphatic carbocycles. The Morgan fingerprint density at radius 3 is 2.48 bits per heavy atom. The van der Waals surface area contributed by atoms with Crippen molar-refractivity contribution in [2.24, 2.45) is 0 Å². The third-order valence-corrected chi connectivity index (χ3v) is 4.94. The number of halogens is 2. The van der Waals surface area contributed by atoms with E-state index in [0.29, 0.717) is 11.6 Å². The molecule has 0 aromatic heterocycles. The van der Waals surface area contributed by atoms with Gasteiger partial charge in [-0.25, -0.2) is 21.9 Å². The summed E-state index contributed by atoms with van der Waals surface area (Å²) in [4.78, 5) is -0.766. The maximum atomic E-state index is 13.7. The van der Waals surface area contributed by atoms with Crippen molar-refractivity contribution in [1.82, 2.24) is 4.72 Å². The van der Waals surface area contributed by atoms with Crippen molar-refractivity contribution < 1.29 is 27.0 Å². The SMILES string of the molecule is Cc1ccc(C(CNS(=O)(=O)c2cc(F)ccc2F)OCCO)cc1. The van der Waals surface area contributed by atoms with Gasteiger partial charge in [0.05, 0.1) is 19.3 Å². The van der Waals surface area contributed by atoms with Crippen LogP contribution in [0.3, 0.4) is 0 Å². The molecule has 0 spiro atoms. The molecule has 0 saturated heterocycles. The van der Waals surface area contributed by atoms with Crippen LogP contribution in [0, 0.1) is 18.6 Å². The predicted molar refractivity (Wildman–Crippen MR) is 88.5 cm³/mol. The maximum Gasteiger partial charge on any atom is 0.243 e. The zero-order valence-corrected chi connectivity index (χ0v) is 14.4. The molecule has 5 nitrogen and oxygen atoms in total. The van der Waals surface area contributed by atoms with Gasteiger partial charge in [-0.05, 0) is 30.7 Å². The molecule has 1 atom stereocenters. The molecule has 0 aliphatic rings. The second-order valence-corrected chi connectivity index (χ2v) is 7.16. The average Bonchev–Trinajstić information content (AvgIpc) is 2.58. The molecule has 0 heterocycles. The average molecular weight is 371 g/mol. The van der Waals surface area contributed by atoms with E-state index in [9.17, 15) is 17.2 Å². The Morgan fingerprint density at radius 1 is 1.16 bits per heavy atom. The molecular weight excluding hydrogens is 352 g/mol. The summed E-state index contributed by atoms with van der Waals surface area (Å²) in [7, 11) is -4.26. The second-order valence-electron chi connectivity index (χ2n) is 5.42. The van der Waals surface area contributed by atoms with Gasteiger partial charge in [0, 0.05) is 6.54 Å². The molecule has 2 aromatic carbocycles. The molecule has 2 aromatic rings. The minimum atomic E-state index is -4.26. The third kappa shape index (κ3) is 5.30. The van der Waals surface area contributed by atoms with Gasteiger partial charge in [0.1, 0.15) is 16.5 Å². The van der Waals surface area contributed by atoms with Gasteiger partial charge < -0.3 is 9.84 Å². The van der Waals surface area contributed by atoms with E-state index in [1.165, 1.54) is 0 Å². The lowest BCUT2D eigenvalue weighted by Crippen LogP contribution is -2.30. The van der Waals surface area contributed by atoms with Gasteiger partial charge in [0.15, 0.2) is 0 Å². The summed E-state index contributed by atoms with van der Waals surface area (Å²) in [6.45, 7) is 1.49. The first-order valence-corrected chi connectivity index (χ1v) is 9.05. The Kier molecular flexibility index (Phi) is 6.60. The highest BCUT2D eigenvalue weighted by Crippen LogP contribution is 2.20. The van der Waals surface area contributed by atoms with Crippen LogP contribution in [0.5, 0.6) is 0 Å². The highest BCUT2D eigenvalue weighted by Gasteiger charge is 2.22. The number of hydrogen-bond donors (Lipinski definition) is 2. The van der Waals surface area contributed by atoms with E-state index in [4.69, 9.17) is 9.84 Å². The van der Waals surface area contributed by atoms with E-state index < -0.39 is 32.7 Å². The molecule has 8 heteroatoms. The first kappa shape index (κ1) is 19.5. The van der Waals surface area contributed by atoms with E-state index in [-0.39, 0.29) is 19.8 Å². The molecule has 0 fully saturated rings. The standard InChI is InChI=1S/C17H19F2NO4S/c1-12-2-4-13(5-3-12)16(24-9-8-21)11-20-25(22,23)17-10-14(18)6-7-15(17)19/h2-7,10,16,20-21H,8-9,11H2,1H3. The van der Waals surface area contributed by atoms with Crippen LogP contribution in [0.4, 0.5) is 8.78 Å². The molecule has 25 heavy (non-hydrogen) atoms. The number of hydrogen-bond acceptors (Lipinski definition) is 4. The minimum Gasteiger partial charge on any atom is -0.394 e. The van der Waals surface area contributed by atoms with E-state index >= 15 is 0 Å². The summed E-state index contributed by atoms with van der Waals surface area (Å²) in [5.74, 6) is -1.90. The lowest BCUT2D eigenvalue weighted by molar-refractivity contribution is 0.0309. The van der Waals surface area contributed by atoms with E-state index in [2.05, 4.69) is 4.72 Å². The number of benzene rings is 2. The minimum absolute atomic E-state index is 0.00853. The quantitative estimate of drug-likeness (QED) is 0.747. The zero-order valence-electron chi connectivity index (χ0n) is 13.6. The molecule has 0 saturated carbocycles. The Morgan fingerprint density at radius 2 is 1.84 bits per heavy atom. The van der Waals surface area contributed by atoms with E-state index in [1.54, 1.807) is 12.1 Å². The van der Waals surface area contributed by atoms with Crippen molar-refractivity contribution in [3.05, 3.63) is 65.2 Å². The molecule has 1 unspecified atom stereocenters. The summed E-state index contributed by atoms with van der Waals surface area (Å²) in [5.41, 5.74) is 1.72. The summed E-state index contributed by atoms with van der Waals surface area (Å²) in [6, 6.07) is 9.43. The van der Waals surface area contributed by atoms with Crippen molar-refractivity contribution in [2.45, 2.75) is 17.9 Å². The summed E-state index contributed by atoms with van der Waals surface area (Å²) >= 11 is 0. The van der Waals surface area contributed by atoms with Crippen LogP contribution in [0.2, 0.25) is 0 Å². The number of ether oxygens (including phenoxy) is 1. The Balaban J connectivity index is 2.18. The van der Waals surface area contributed by atoms with Crippen LogP contribution in [0.25, 0.3) is 0 Å². The molecule has 0 amide bonds. The van der Waals surface area contributed by atoms with Gasteiger partial charge in [-0.3, -0.25) is 0 Å². The first-order valence-electron chi connectivity index (χ1n) is 7.57. The fraction of sp³-hybridized carbons (Fsp3) is 0.294. The molecule has 0 bridgehead atoms. The highest BCUT2D eigenvalue weighted by atomic mass is 32.2. The smallest absolute Gasteiger partial charge is 0.243 e. The van der Waals surface area contributed by atoms with Gasteiger partial charge in [0.25, 0.3) is 0 Å². The number of sulfonamides is 1. The van der Waals surface area contributed by atoms with Crippen LogP contribution >= 0.6 is 0 Å². The topological polar surface area (TPSA) is 75.6 Å². The van der Waals surface area contributed by atoms with Crippen LogP contribution < -0.4 is 4.72 Å². The Labute approximate surface area is 145 Å². The molecular formula is C17H19F2NO4S. The van der Waals surface area contributed by atoms with Crippen LogP contribution in [0.15, 0.2) is 47.4 Å². The lowest BCUT2D eigenvalue weighted by atomic mass is 10.1. The van der Waals surface area contributed by atoms with Crippen molar-refractivity contribution in [1.29, 1.82) is 0 Å². The molecule has 136 valence electrons. The van der Waals surface area contributed by atoms with E-state index in [0.717, 1.165) is 17.7 Å². The van der Waals surface area contributed by atoms with Crippen molar-refractivity contribution in [2.75, 3.05) is 19.8 Å². The number of aliphatic hydroxyl groups is 1. The summed E-state index contributed by atoms with van der Waals surface area (Å²) in [5, 5.41) is 8.92. The number of rotatable bonds is 8. The number of aliphatic hydroxyl groups excluding tert-OH is 1. The monoisotopic (exact) mass is 371 g/mol. The fourth-order valence-electron chi connectivity index (χ4n) is 2.20. The van der Waals surface area contributed by atoms with Crippen LogP contribution in [-0.2, 0) is 14.8 Å². The van der Waals surface area contributed by atoms with E-state index in [1.807, 2.05) is 19.1 Å². The lowest BCUT2D eigenvalue weighted by Gasteiger charge is -2.19. The normalized spacial score (nSPS) is 13.0. The largest absolute Gasteiger partial charge is 0.394 e. The van der Waals surface area contributed by atoms with Crippen LogP contribution in [-0.4, -0.2) is 33.3 Å². The number of nitrogens with one attached hydrogen (secondary N) is 1. The molecule has 2 rings (SSSR count). The van der Waals surface area contributed by atoms with Gasteiger partial charge in [0.2, 0.25) is 10.0 Å². The van der Waals surface area contributed by atoms with Gasteiger partial charge >= 0.3 is 0 Å². The highest BCUT2D eigenvalue weighted by molar-refractivity contribution is 7.89. The maximum absolute atomic E-state index is 13.7. The molecule has 2 N–H and O–H groups in total. The summed E-state index contributed by atoms with van der Waals surface area (Å²) in [6.07, 6.45) is -0.681.